The van der Waals surface area contributed by atoms with Crippen LogP contribution in [-0.4, -0.2) is 27.8 Å². The Hall–Kier alpha value is -1.54. The van der Waals surface area contributed by atoms with Gasteiger partial charge in [-0.1, -0.05) is 6.58 Å². The molecule has 1 amide bonds. The minimum atomic E-state index is -0.934. The summed E-state index contributed by atoms with van der Waals surface area (Å²) in [6.45, 7) is 3.41. The van der Waals surface area contributed by atoms with Gasteiger partial charge in [-0.3, -0.25) is 24.8 Å². The molecule has 106 valence electrons. The van der Waals surface area contributed by atoms with E-state index in [0.717, 1.165) is 0 Å². The van der Waals surface area contributed by atoms with Crippen molar-refractivity contribution < 1.29 is 49.0 Å². The van der Waals surface area contributed by atoms with Crippen molar-refractivity contribution in [1.82, 2.24) is 10.4 Å². The number of ketones is 1. The van der Waals surface area contributed by atoms with Crippen molar-refractivity contribution in [1.29, 1.82) is 0 Å². The third-order valence-corrected chi connectivity index (χ3v) is 2.81. The van der Waals surface area contributed by atoms with E-state index in [2.05, 4.69) is 11.6 Å². The van der Waals surface area contributed by atoms with Crippen LogP contribution in [0.15, 0.2) is 36.7 Å². The van der Waals surface area contributed by atoms with Crippen LogP contribution in [0.5, 0.6) is 0 Å². The van der Waals surface area contributed by atoms with Crippen LogP contribution in [0, 0.1) is 5.92 Å². The number of nitrogens with two attached hydrogens (primary N) is 1. The number of amides is 1. The summed E-state index contributed by atoms with van der Waals surface area (Å²) in [4.78, 5) is 35.6. The molecule has 8 heteroatoms. The SMILES string of the molecule is C=C1C(=O)CCC1C(=O)O.NNC(=O)c1ccncc1.[Na+]. The van der Waals surface area contributed by atoms with Crippen LogP contribution >= 0.6 is 0 Å². The summed E-state index contributed by atoms with van der Waals surface area (Å²) >= 11 is 0. The van der Waals surface area contributed by atoms with Crippen molar-refractivity contribution >= 4 is 17.7 Å². The summed E-state index contributed by atoms with van der Waals surface area (Å²) in [6.07, 6.45) is 3.83. The fourth-order valence-corrected chi connectivity index (χ4v) is 1.66. The normalized spacial score (nSPS) is 16.3. The Morgan fingerprint density at radius 3 is 2.29 bits per heavy atom. The minimum Gasteiger partial charge on any atom is -0.481 e. The van der Waals surface area contributed by atoms with E-state index in [0.29, 0.717) is 18.4 Å². The van der Waals surface area contributed by atoms with Crippen molar-refractivity contribution in [2.24, 2.45) is 11.8 Å². The number of pyridine rings is 1. The summed E-state index contributed by atoms with van der Waals surface area (Å²) in [5.74, 6) is 2.92. The molecule has 21 heavy (non-hydrogen) atoms. The van der Waals surface area contributed by atoms with Crippen molar-refractivity contribution in [2.45, 2.75) is 12.8 Å². The molecule has 1 aliphatic carbocycles. The van der Waals surface area contributed by atoms with Crippen LogP contribution < -0.4 is 40.8 Å². The second-order valence-electron chi connectivity index (χ2n) is 4.09. The van der Waals surface area contributed by atoms with Gasteiger partial charge in [-0.25, -0.2) is 5.84 Å². The predicted molar refractivity (Wildman–Crippen MR) is 70.4 cm³/mol. The van der Waals surface area contributed by atoms with Gasteiger partial charge in [0.15, 0.2) is 5.78 Å². The van der Waals surface area contributed by atoms with Crippen LogP contribution in [0.2, 0.25) is 0 Å². The number of hydrogen-bond acceptors (Lipinski definition) is 5. The molecule has 0 spiro atoms. The fraction of sp³-hybridized carbons (Fsp3) is 0.231. The number of aliphatic carboxylic acids is 1. The number of carbonyl (C=O) groups is 3. The minimum absolute atomic E-state index is 0. The van der Waals surface area contributed by atoms with Gasteiger partial charge >= 0.3 is 35.5 Å². The summed E-state index contributed by atoms with van der Waals surface area (Å²) in [5, 5.41) is 8.49. The first-order valence-corrected chi connectivity index (χ1v) is 5.83. The third-order valence-electron chi connectivity index (χ3n) is 2.81. The van der Waals surface area contributed by atoms with Gasteiger partial charge < -0.3 is 5.11 Å². The van der Waals surface area contributed by atoms with E-state index in [1.165, 1.54) is 12.4 Å². The summed E-state index contributed by atoms with van der Waals surface area (Å²) in [6, 6.07) is 3.17. The number of Topliss-reactive ketones (excluding diaryl/α,β-unsaturated/α-hetero) is 1. The summed E-state index contributed by atoms with van der Waals surface area (Å²) in [7, 11) is 0. The third kappa shape index (κ3) is 5.76. The van der Waals surface area contributed by atoms with Crippen LogP contribution in [0.1, 0.15) is 23.2 Å². The molecule has 0 aliphatic heterocycles. The molecular formula is C13H15N3NaO4+. The van der Waals surface area contributed by atoms with E-state index < -0.39 is 11.9 Å². The Morgan fingerprint density at radius 1 is 1.38 bits per heavy atom. The van der Waals surface area contributed by atoms with Gasteiger partial charge in [0.1, 0.15) is 0 Å². The van der Waals surface area contributed by atoms with Gasteiger partial charge in [0.25, 0.3) is 5.91 Å². The molecule has 0 saturated heterocycles. The van der Waals surface area contributed by atoms with Gasteiger partial charge in [0.05, 0.1) is 5.92 Å². The number of nitrogens with one attached hydrogen (secondary N) is 1. The largest absolute Gasteiger partial charge is 1.00 e. The smallest absolute Gasteiger partial charge is 0.481 e. The zero-order chi connectivity index (χ0) is 15.1. The Bertz CT molecular complexity index is 533. The molecule has 1 aliphatic rings. The molecule has 1 aromatic rings. The van der Waals surface area contributed by atoms with Gasteiger partial charge in [0, 0.05) is 30.0 Å². The molecule has 1 fully saturated rings. The standard InChI is InChI=1S/C7H8O3.C6H7N3O.Na/c1-4-5(7(9)10)2-3-6(4)8;7-9-6(10)5-1-3-8-4-2-5;/h5H,1-3H2,(H,9,10);1-4H,7H2,(H,9,10);/q;;+1. The number of hydrogen-bond donors (Lipinski definition) is 3. The molecule has 2 rings (SSSR count). The van der Waals surface area contributed by atoms with Crippen LogP contribution in [-0.2, 0) is 9.59 Å². The fourth-order valence-electron chi connectivity index (χ4n) is 1.66. The van der Waals surface area contributed by atoms with E-state index in [-0.39, 0.29) is 46.8 Å². The molecule has 0 radical (unpaired) electrons. The molecule has 4 N–H and O–H groups in total. The zero-order valence-corrected chi connectivity index (χ0v) is 13.7. The number of carboxylic acid groups (broad SMARTS) is 1. The Labute approximate surface area is 143 Å². The average Bonchev–Trinajstić information content (AvgIpc) is 2.80. The van der Waals surface area contributed by atoms with Crippen molar-refractivity contribution in [2.75, 3.05) is 0 Å². The average molecular weight is 300 g/mol. The maximum atomic E-state index is 10.7. The molecule has 1 atom stereocenters. The van der Waals surface area contributed by atoms with Crippen molar-refractivity contribution in [3.63, 3.8) is 0 Å². The number of carbonyl (C=O) groups excluding carboxylic acids is 2. The monoisotopic (exact) mass is 300 g/mol. The van der Waals surface area contributed by atoms with Gasteiger partial charge in [-0.15, -0.1) is 0 Å². The number of aromatic nitrogens is 1. The van der Waals surface area contributed by atoms with Crippen molar-refractivity contribution in [3.8, 4) is 0 Å². The maximum Gasteiger partial charge on any atom is 1.00 e. The second kappa shape index (κ2) is 9.41. The van der Waals surface area contributed by atoms with Crippen molar-refractivity contribution in [3.05, 3.63) is 42.2 Å². The molecule has 7 nitrogen and oxygen atoms in total. The number of carboxylic acids is 1. The maximum absolute atomic E-state index is 10.7. The van der Waals surface area contributed by atoms with E-state index in [4.69, 9.17) is 10.9 Å². The Kier molecular flexibility index (Phi) is 8.72. The molecule has 1 heterocycles. The number of nitrogens with zero attached hydrogens (tertiary/aromatic N) is 1. The summed E-state index contributed by atoms with van der Waals surface area (Å²) < 4.78 is 0. The predicted octanol–water partition coefficient (Wildman–Crippen LogP) is -2.70. The second-order valence-corrected chi connectivity index (χ2v) is 4.09. The van der Waals surface area contributed by atoms with Crippen LogP contribution in [0.25, 0.3) is 0 Å². The molecule has 0 aromatic carbocycles. The first kappa shape index (κ1) is 19.5. The number of hydrazine groups is 1. The molecule has 1 saturated carbocycles. The number of rotatable bonds is 2. The van der Waals surface area contributed by atoms with E-state index >= 15 is 0 Å². The van der Waals surface area contributed by atoms with E-state index in [9.17, 15) is 14.4 Å². The number of nitrogen functional groups attached to an aromatic ring is 1. The Balaban J connectivity index is 0.000000364. The molecule has 0 bridgehead atoms. The van der Waals surface area contributed by atoms with Crippen LogP contribution in [0.4, 0.5) is 0 Å². The van der Waals surface area contributed by atoms with E-state index in [1.807, 2.05) is 5.43 Å². The molecule has 1 unspecified atom stereocenters. The van der Waals surface area contributed by atoms with Gasteiger partial charge in [0.2, 0.25) is 0 Å². The first-order chi connectivity index (χ1) is 9.47. The molecule has 1 aromatic heterocycles. The quantitative estimate of drug-likeness (QED) is 0.179. The molecular weight excluding hydrogens is 285 g/mol. The Morgan fingerprint density at radius 2 is 1.95 bits per heavy atom. The van der Waals surface area contributed by atoms with E-state index in [1.54, 1.807) is 12.1 Å². The van der Waals surface area contributed by atoms with Gasteiger partial charge in [-0.2, -0.15) is 0 Å². The zero-order valence-electron chi connectivity index (χ0n) is 11.7. The topological polar surface area (TPSA) is 122 Å². The summed E-state index contributed by atoms with van der Waals surface area (Å²) in [5.41, 5.74) is 2.78. The first-order valence-electron chi connectivity index (χ1n) is 5.83. The van der Waals surface area contributed by atoms with Gasteiger partial charge in [-0.05, 0) is 18.6 Å². The van der Waals surface area contributed by atoms with Crippen LogP contribution in [0.3, 0.4) is 0 Å².